The number of hydrogen-bond acceptors (Lipinski definition) is 3. The Kier molecular flexibility index (Phi) is 4.10. The number of halogens is 2. The zero-order chi connectivity index (χ0) is 15.9. The lowest BCUT2D eigenvalue weighted by molar-refractivity contribution is 0.600. The fourth-order valence-electron chi connectivity index (χ4n) is 2.20. The molecule has 0 bridgehead atoms. The molecule has 0 N–H and O–H groups in total. The molecule has 1 aromatic carbocycles. The number of pyridine rings is 1. The Morgan fingerprint density at radius 1 is 1.14 bits per heavy atom. The van der Waals surface area contributed by atoms with Gasteiger partial charge in [0.1, 0.15) is 16.8 Å². The van der Waals surface area contributed by atoms with Crippen LogP contribution in [0.3, 0.4) is 0 Å². The first-order chi connectivity index (χ1) is 10.5. The molecule has 0 saturated heterocycles. The van der Waals surface area contributed by atoms with Crippen molar-refractivity contribution in [2.24, 2.45) is 0 Å². The van der Waals surface area contributed by atoms with E-state index < -0.39 is 0 Å². The van der Waals surface area contributed by atoms with E-state index in [1.807, 2.05) is 43.4 Å². The molecule has 0 saturated carbocycles. The van der Waals surface area contributed by atoms with Crippen LogP contribution in [0.2, 0.25) is 5.15 Å². The third kappa shape index (κ3) is 2.71. The smallest absolute Gasteiger partial charge is 0.162 e. The Bertz CT molecular complexity index is 845. The van der Waals surface area contributed by atoms with E-state index in [0.29, 0.717) is 15.7 Å². The molecule has 3 aromatic rings. The first kappa shape index (κ1) is 15.3. The van der Waals surface area contributed by atoms with Gasteiger partial charge in [0, 0.05) is 15.7 Å². The molecule has 0 unspecified atom stereocenters. The second kappa shape index (κ2) is 5.89. The second-order valence-corrected chi connectivity index (χ2v) is 6.87. The maximum atomic E-state index is 14.0. The summed E-state index contributed by atoms with van der Waals surface area (Å²) in [7, 11) is 0. The van der Waals surface area contributed by atoms with Gasteiger partial charge in [0.15, 0.2) is 5.65 Å². The molecule has 0 aliphatic heterocycles. The molecular weight excluding hydrogens is 321 g/mol. The van der Waals surface area contributed by atoms with Gasteiger partial charge in [-0.3, -0.25) is 4.40 Å². The van der Waals surface area contributed by atoms with Gasteiger partial charge in [0.05, 0.1) is 0 Å². The zero-order valence-corrected chi connectivity index (χ0v) is 14.0. The topological polar surface area (TPSA) is 30.2 Å². The molecule has 0 aliphatic carbocycles. The average molecular weight is 336 g/mol. The number of benzene rings is 1. The second-order valence-electron chi connectivity index (χ2n) is 5.43. The minimum atomic E-state index is -0.242. The van der Waals surface area contributed by atoms with Crippen LogP contribution >= 0.6 is 23.4 Å². The number of aryl methyl sites for hydroxylation is 1. The minimum Gasteiger partial charge on any atom is -0.268 e. The first-order valence-corrected chi connectivity index (χ1v) is 8.14. The number of hydrogen-bond donors (Lipinski definition) is 0. The van der Waals surface area contributed by atoms with Gasteiger partial charge in [-0.05, 0) is 36.8 Å². The van der Waals surface area contributed by atoms with Crippen molar-refractivity contribution in [2.75, 3.05) is 0 Å². The number of aromatic nitrogens is 3. The van der Waals surface area contributed by atoms with E-state index in [0.717, 1.165) is 16.3 Å². The Morgan fingerprint density at radius 3 is 2.55 bits per heavy atom. The van der Waals surface area contributed by atoms with Crippen LogP contribution in [-0.4, -0.2) is 14.6 Å². The van der Waals surface area contributed by atoms with Gasteiger partial charge >= 0.3 is 0 Å². The standard InChI is InChI=1S/C16H15ClFN3S/c1-9(2)16-20-19-14-7-6-13(15(17)21(14)16)22-12-5-4-10(3)8-11(12)18/h4-9H,1-3H3. The van der Waals surface area contributed by atoms with E-state index in [2.05, 4.69) is 10.2 Å². The molecule has 0 amide bonds. The molecular formula is C16H15ClFN3S. The molecule has 0 spiro atoms. The van der Waals surface area contributed by atoms with Crippen LogP contribution in [0.15, 0.2) is 40.1 Å². The van der Waals surface area contributed by atoms with E-state index in [1.54, 1.807) is 6.07 Å². The van der Waals surface area contributed by atoms with E-state index in [4.69, 9.17) is 11.6 Å². The van der Waals surface area contributed by atoms with Crippen molar-refractivity contribution < 1.29 is 4.39 Å². The molecule has 3 nitrogen and oxygen atoms in total. The summed E-state index contributed by atoms with van der Waals surface area (Å²) in [6, 6.07) is 8.87. The summed E-state index contributed by atoms with van der Waals surface area (Å²) in [4.78, 5) is 1.32. The van der Waals surface area contributed by atoms with Crippen LogP contribution in [0.5, 0.6) is 0 Å². The summed E-state index contributed by atoms with van der Waals surface area (Å²) in [5.74, 6) is 0.754. The summed E-state index contributed by atoms with van der Waals surface area (Å²) >= 11 is 7.81. The summed E-state index contributed by atoms with van der Waals surface area (Å²) in [5, 5.41) is 8.81. The molecule has 22 heavy (non-hydrogen) atoms. The van der Waals surface area contributed by atoms with Crippen molar-refractivity contribution in [1.82, 2.24) is 14.6 Å². The third-order valence-corrected chi connectivity index (χ3v) is 4.91. The van der Waals surface area contributed by atoms with Crippen molar-refractivity contribution in [3.8, 4) is 0 Å². The predicted molar refractivity (Wildman–Crippen MR) is 87.3 cm³/mol. The van der Waals surface area contributed by atoms with Crippen LogP contribution in [-0.2, 0) is 0 Å². The lowest BCUT2D eigenvalue weighted by atomic mass is 10.2. The molecule has 114 valence electrons. The van der Waals surface area contributed by atoms with Crippen molar-refractivity contribution in [3.05, 3.63) is 52.7 Å². The first-order valence-electron chi connectivity index (χ1n) is 6.95. The van der Waals surface area contributed by atoms with Crippen molar-refractivity contribution in [2.45, 2.75) is 36.5 Å². The molecule has 0 atom stereocenters. The maximum Gasteiger partial charge on any atom is 0.162 e. The molecule has 0 radical (unpaired) electrons. The van der Waals surface area contributed by atoms with Crippen LogP contribution in [0.4, 0.5) is 4.39 Å². The van der Waals surface area contributed by atoms with E-state index in [-0.39, 0.29) is 11.7 Å². The molecule has 6 heteroatoms. The van der Waals surface area contributed by atoms with Crippen molar-refractivity contribution >= 4 is 29.0 Å². The Morgan fingerprint density at radius 2 is 1.86 bits per heavy atom. The minimum absolute atomic E-state index is 0.198. The highest BCUT2D eigenvalue weighted by atomic mass is 35.5. The molecule has 0 aliphatic rings. The highest BCUT2D eigenvalue weighted by Crippen LogP contribution is 2.36. The molecule has 2 aromatic heterocycles. The van der Waals surface area contributed by atoms with Gasteiger partial charge < -0.3 is 0 Å². The Labute approximate surface area is 137 Å². The van der Waals surface area contributed by atoms with Crippen molar-refractivity contribution in [1.29, 1.82) is 0 Å². The summed E-state index contributed by atoms with van der Waals surface area (Å²) < 4.78 is 15.9. The van der Waals surface area contributed by atoms with Gasteiger partial charge in [-0.15, -0.1) is 10.2 Å². The summed E-state index contributed by atoms with van der Waals surface area (Å²) in [6.07, 6.45) is 0. The number of fused-ring (bicyclic) bond motifs is 1. The lowest BCUT2D eigenvalue weighted by Gasteiger charge is -2.10. The van der Waals surface area contributed by atoms with Crippen LogP contribution in [0, 0.1) is 12.7 Å². The fourth-order valence-corrected chi connectivity index (χ4v) is 3.40. The summed E-state index contributed by atoms with van der Waals surface area (Å²) in [6.45, 7) is 5.93. The monoisotopic (exact) mass is 335 g/mol. The van der Waals surface area contributed by atoms with Gasteiger partial charge in [-0.1, -0.05) is 43.3 Å². The SMILES string of the molecule is Cc1ccc(Sc2ccc3nnc(C(C)C)n3c2Cl)c(F)c1. The summed E-state index contributed by atoms with van der Waals surface area (Å²) in [5.41, 5.74) is 1.59. The Hall–Kier alpha value is -1.59. The van der Waals surface area contributed by atoms with Crippen LogP contribution in [0.1, 0.15) is 31.2 Å². The molecule has 3 rings (SSSR count). The van der Waals surface area contributed by atoms with Crippen molar-refractivity contribution in [3.63, 3.8) is 0 Å². The van der Waals surface area contributed by atoms with E-state index in [9.17, 15) is 4.39 Å². The largest absolute Gasteiger partial charge is 0.268 e. The van der Waals surface area contributed by atoms with E-state index >= 15 is 0 Å². The van der Waals surface area contributed by atoms with Crippen LogP contribution in [0.25, 0.3) is 5.65 Å². The van der Waals surface area contributed by atoms with Gasteiger partial charge in [0.25, 0.3) is 0 Å². The fraction of sp³-hybridized carbons (Fsp3) is 0.250. The normalized spacial score (nSPS) is 11.5. The quantitative estimate of drug-likeness (QED) is 0.623. The number of rotatable bonds is 3. The zero-order valence-electron chi connectivity index (χ0n) is 12.5. The van der Waals surface area contributed by atoms with Crippen LogP contribution < -0.4 is 0 Å². The predicted octanol–water partition coefficient (Wildman–Crippen LogP) is 5.10. The average Bonchev–Trinajstić information content (AvgIpc) is 2.89. The molecule has 2 heterocycles. The maximum absolute atomic E-state index is 14.0. The highest BCUT2D eigenvalue weighted by molar-refractivity contribution is 7.99. The third-order valence-electron chi connectivity index (χ3n) is 3.32. The highest BCUT2D eigenvalue weighted by Gasteiger charge is 2.16. The lowest BCUT2D eigenvalue weighted by Crippen LogP contribution is -1.99. The van der Waals surface area contributed by atoms with E-state index in [1.165, 1.54) is 17.8 Å². The Balaban J connectivity index is 2.07. The van der Waals surface area contributed by atoms with Gasteiger partial charge in [0.2, 0.25) is 0 Å². The van der Waals surface area contributed by atoms with Gasteiger partial charge in [-0.2, -0.15) is 0 Å². The number of nitrogens with zero attached hydrogens (tertiary/aromatic N) is 3. The molecule has 0 fully saturated rings. The van der Waals surface area contributed by atoms with Gasteiger partial charge in [-0.25, -0.2) is 4.39 Å².